The van der Waals surface area contributed by atoms with Crippen molar-refractivity contribution in [1.82, 2.24) is 9.97 Å². The molecule has 22 heavy (non-hydrogen) atoms. The van der Waals surface area contributed by atoms with Crippen LogP contribution in [0.3, 0.4) is 0 Å². The van der Waals surface area contributed by atoms with Gasteiger partial charge in [0.1, 0.15) is 18.2 Å². The van der Waals surface area contributed by atoms with Crippen LogP contribution < -0.4 is 0 Å². The molecule has 0 saturated heterocycles. The number of rotatable bonds is 2. The molecule has 0 bridgehead atoms. The zero-order valence-corrected chi connectivity index (χ0v) is 11.9. The summed E-state index contributed by atoms with van der Waals surface area (Å²) in [6.07, 6.45) is 2.95. The number of aromatic nitrogens is 2. The van der Waals surface area contributed by atoms with Gasteiger partial charge in [-0.3, -0.25) is 0 Å². The number of hydrogen-bond acceptors (Lipinski definition) is 3. The van der Waals surface area contributed by atoms with Gasteiger partial charge in [-0.1, -0.05) is 30.3 Å². The second-order valence-electron chi connectivity index (χ2n) is 4.86. The third-order valence-corrected chi connectivity index (χ3v) is 3.55. The lowest BCUT2D eigenvalue weighted by Gasteiger charge is -2.12. The van der Waals surface area contributed by atoms with E-state index in [0.717, 1.165) is 5.56 Å². The van der Waals surface area contributed by atoms with E-state index in [1.807, 2.05) is 30.3 Å². The molecular weight excluding hydrogens is 277 g/mol. The predicted molar refractivity (Wildman–Crippen MR) is 82.3 cm³/mol. The Bertz CT molecular complexity index is 853. The van der Waals surface area contributed by atoms with Crippen molar-refractivity contribution in [2.45, 2.75) is 6.92 Å². The number of halogens is 1. The van der Waals surface area contributed by atoms with Gasteiger partial charge >= 0.3 is 0 Å². The summed E-state index contributed by atoms with van der Waals surface area (Å²) in [4.78, 5) is 7.96. The van der Waals surface area contributed by atoms with Gasteiger partial charge in [-0.05, 0) is 24.6 Å². The van der Waals surface area contributed by atoms with Gasteiger partial charge in [0, 0.05) is 22.9 Å². The van der Waals surface area contributed by atoms with E-state index in [4.69, 9.17) is 0 Å². The first-order valence-corrected chi connectivity index (χ1v) is 6.77. The van der Waals surface area contributed by atoms with Gasteiger partial charge in [-0.2, -0.15) is 5.26 Å². The molecule has 0 N–H and O–H groups in total. The van der Waals surface area contributed by atoms with Crippen LogP contribution in [-0.2, 0) is 0 Å². The molecule has 4 heteroatoms. The molecule has 106 valence electrons. The minimum Gasteiger partial charge on any atom is -0.245 e. The molecule has 0 aliphatic rings. The van der Waals surface area contributed by atoms with E-state index in [-0.39, 0.29) is 0 Å². The maximum Gasteiger partial charge on any atom is 0.136 e. The fourth-order valence-electron chi connectivity index (χ4n) is 2.42. The molecule has 0 aliphatic heterocycles. The zero-order chi connectivity index (χ0) is 15.5. The van der Waals surface area contributed by atoms with Crippen molar-refractivity contribution >= 4 is 0 Å². The SMILES string of the molecule is Cc1c(F)c(-c2ccncn2)cc(-c2ccccc2)c1C#N. The summed E-state index contributed by atoms with van der Waals surface area (Å²) in [6.45, 7) is 1.62. The molecule has 0 fully saturated rings. The topological polar surface area (TPSA) is 49.6 Å². The molecule has 1 aromatic heterocycles. The molecular formula is C18H12FN3. The lowest BCUT2D eigenvalue weighted by molar-refractivity contribution is 0.621. The standard InChI is InChI=1S/C18H12FN3/c1-12-16(10-20)14(13-5-3-2-4-6-13)9-15(18(12)19)17-7-8-21-11-22-17/h2-9,11H,1H3. The van der Waals surface area contributed by atoms with Crippen molar-refractivity contribution in [3.63, 3.8) is 0 Å². The Hall–Kier alpha value is -3.06. The van der Waals surface area contributed by atoms with Crippen LogP contribution in [0.15, 0.2) is 55.0 Å². The molecule has 0 amide bonds. The third-order valence-electron chi connectivity index (χ3n) is 3.55. The van der Waals surface area contributed by atoms with Gasteiger partial charge in [0.2, 0.25) is 0 Å². The minimum absolute atomic E-state index is 0.331. The van der Waals surface area contributed by atoms with Crippen LogP contribution in [0.4, 0.5) is 4.39 Å². The van der Waals surface area contributed by atoms with E-state index in [0.29, 0.717) is 27.9 Å². The second-order valence-corrected chi connectivity index (χ2v) is 4.86. The van der Waals surface area contributed by atoms with Crippen molar-refractivity contribution in [2.75, 3.05) is 0 Å². The third kappa shape index (κ3) is 2.33. The molecule has 3 aromatic rings. The average Bonchev–Trinajstić information content (AvgIpc) is 2.58. The molecule has 0 saturated carbocycles. The van der Waals surface area contributed by atoms with Crippen LogP contribution in [-0.4, -0.2) is 9.97 Å². The largest absolute Gasteiger partial charge is 0.245 e. The smallest absolute Gasteiger partial charge is 0.136 e. The number of hydrogen-bond donors (Lipinski definition) is 0. The first-order valence-electron chi connectivity index (χ1n) is 6.77. The monoisotopic (exact) mass is 289 g/mol. The summed E-state index contributed by atoms with van der Waals surface area (Å²) in [5, 5.41) is 9.40. The Morgan fingerprint density at radius 1 is 1.09 bits per heavy atom. The number of nitriles is 1. The van der Waals surface area contributed by atoms with Crippen LogP contribution in [0, 0.1) is 24.1 Å². The summed E-state index contributed by atoms with van der Waals surface area (Å²) in [6, 6.07) is 14.9. The summed E-state index contributed by atoms with van der Waals surface area (Å²) < 4.78 is 14.6. The fourth-order valence-corrected chi connectivity index (χ4v) is 2.42. The predicted octanol–water partition coefficient (Wildman–Crippen LogP) is 4.13. The van der Waals surface area contributed by atoms with Crippen LogP contribution in [0.25, 0.3) is 22.4 Å². The summed E-state index contributed by atoms with van der Waals surface area (Å²) in [5.74, 6) is -0.421. The number of benzene rings is 2. The first kappa shape index (κ1) is 13.9. The quantitative estimate of drug-likeness (QED) is 0.712. The highest BCUT2D eigenvalue weighted by Gasteiger charge is 2.17. The van der Waals surface area contributed by atoms with Crippen LogP contribution in [0.1, 0.15) is 11.1 Å². The summed E-state index contributed by atoms with van der Waals surface area (Å²) in [7, 11) is 0. The zero-order valence-electron chi connectivity index (χ0n) is 11.9. The lowest BCUT2D eigenvalue weighted by Crippen LogP contribution is -1.98. The Labute approximate surface area is 127 Å². The molecule has 2 aromatic carbocycles. The average molecular weight is 289 g/mol. The van der Waals surface area contributed by atoms with Crippen LogP contribution in [0.2, 0.25) is 0 Å². The van der Waals surface area contributed by atoms with Gasteiger partial charge in [0.05, 0.1) is 11.3 Å². The molecule has 0 spiro atoms. The molecule has 1 heterocycles. The fraction of sp³-hybridized carbons (Fsp3) is 0.0556. The molecule has 0 atom stereocenters. The van der Waals surface area contributed by atoms with Crippen molar-refractivity contribution in [3.8, 4) is 28.5 Å². The van der Waals surface area contributed by atoms with Crippen LogP contribution >= 0.6 is 0 Å². The lowest BCUT2D eigenvalue weighted by atomic mass is 9.92. The maximum absolute atomic E-state index is 14.6. The van der Waals surface area contributed by atoms with Gasteiger partial charge < -0.3 is 0 Å². The van der Waals surface area contributed by atoms with E-state index in [9.17, 15) is 9.65 Å². The number of nitrogens with zero attached hydrogens (tertiary/aromatic N) is 3. The highest BCUT2D eigenvalue weighted by Crippen LogP contribution is 2.33. The van der Waals surface area contributed by atoms with Crippen LogP contribution in [0.5, 0.6) is 0 Å². The maximum atomic E-state index is 14.6. The van der Waals surface area contributed by atoms with Crippen molar-refractivity contribution in [1.29, 1.82) is 5.26 Å². The van der Waals surface area contributed by atoms with Gasteiger partial charge in [-0.15, -0.1) is 0 Å². The van der Waals surface area contributed by atoms with E-state index in [1.165, 1.54) is 6.33 Å². The Kier molecular flexibility index (Phi) is 3.63. The normalized spacial score (nSPS) is 10.2. The van der Waals surface area contributed by atoms with Crippen molar-refractivity contribution in [2.24, 2.45) is 0 Å². The van der Waals surface area contributed by atoms with Crippen molar-refractivity contribution in [3.05, 3.63) is 71.9 Å². The Morgan fingerprint density at radius 2 is 1.86 bits per heavy atom. The Morgan fingerprint density at radius 3 is 2.50 bits per heavy atom. The highest BCUT2D eigenvalue weighted by atomic mass is 19.1. The van der Waals surface area contributed by atoms with E-state index in [2.05, 4.69) is 16.0 Å². The van der Waals surface area contributed by atoms with Gasteiger partial charge in [0.25, 0.3) is 0 Å². The molecule has 3 nitrogen and oxygen atoms in total. The molecule has 0 unspecified atom stereocenters. The van der Waals surface area contributed by atoms with E-state index < -0.39 is 5.82 Å². The first-order chi connectivity index (χ1) is 10.7. The summed E-state index contributed by atoms with van der Waals surface area (Å²) >= 11 is 0. The van der Waals surface area contributed by atoms with Gasteiger partial charge in [0.15, 0.2) is 0 Å². The summed E-state index contributed by atoms with van der Waals surface area (Å²) in [5.41, 5.74) is 3.13. The molecule has 0 radical (unpaired) electrons. The van der Waals surface area contributed by atoms with Crippen molar-refractivity contribution < 1.29 is 4.39 Å². The highest BCUT2D eigenvalue weighted by molar-refractivity contribution is 5.78. The molecule has 3 rings (SSSR count). The second kappa shape index (κ2) is 5.74. The minimum atomic E-state index is -0.421. The van der Waals surface area contributed by atoms with E-state index >= 15 is 0 Å². The van der Waals surface area contributed by atoms with E-state index in [1.54, 1.807) is 25.3 Å². The Balaban J connectivity index is 2.31. The molecule has 0 aliphatic carbocycles. The van der Waals surface area contributed by atoms with Gasteiger partial charge in [-0.25, -0.2) is 14.4 Å².